The standard InChI is InChI=1S/C17H33N3O/c1-13(2)19-17(21)14(3)20-12-6-4-5-7-16(20)15-8-10-18-11-9-15/h13-16,18H,4-12H2,1-3H3,(H,19,21). The molecule has 21 heavy (non-hydrogen) atoms. The Kier molecular flexibility index (Phi) is 6.49. The molecule has 1 amide bonds. The van der Waals surface area contributed by atoms with Crippen LogP contribution < -0.4 is 10.6 Å². The van der Waals surface area contributed by atoms with E-state index < -0.39 is 0 Å². The molecule has 4 heteroatoms. The van der Waals surface area contributed by atoms with E-state index in [1.165, 1.54) is 38.5 Å². The van der Waals surface area contributed by atoms with Crippen molar-refractivity contribution in [3.8, 4) is 0 Å². The molecule has 2 fully saturated rings. The van der Waals surface area contributed by atoms with Gasteiger partial charge < -0.3 is 10.6 Å². The van der Waals surface area contributed by atoms with E-state index in [9.17, 15) is 4.79 Å². The van der Waals surface area contributed by atoms with Gasteiger partial charge in [-0.1, -0.05) is 12.8 Å². The second kappa shape index (κ2) is 8.14. The number of nitrogens with one attached hydrogen (secondary N) is 2. The molecule has 0 radical (unpaired) electrons. The maximum atomic E-state index is 12.4. The van der Waals surface area contributed by atoms with Gasteiger partial charge in [0, 0.05) is 12.1 Å². The molecular weight excluding hydrogens is 262 g/mol. The summed E-state index contributed by atoms with van der Waals surface area (Å²) in [5.74, 6) is 0.962. The normalized spacial score (nSPS) is 27.3. The lowest BCUT2D eigenvalue weighted by molar-refractivity contribution is -0.127. The fraction of sp³-hybridized carbons (Fsp3) is 0.941. The predicted octanol–water partition coefficient (Wildman–Crippen LogP) is 2.14. The fourth-order valence-corrected chi connectivity index (χ4v) is 3.93. The minimum Gasteiger partial charge on any atom is -0.353 e. The fourth-order valence-electron chi connectivity index (χ4n) is 3.93. The lowest BCUT2D eigenvalue weighted by Crippen LogP contribution is -2.53. The van der Waals surface area contributed by atoms with Gasteiger partial charge in [-0.3, -0.25) is 9.69 Å². The molecule has 4 nitrogen and oxygen atoms in total. The topological polar surface area (TPSA) is 44.4 Å². The molecule has 0 aliphatic carbocycles. The minimum absolute atomic E-state index is 0.00499. The van der Waals surface area contributed by atoms with Gasteiger partial charge in [-0.15, -0.1) is 0 Å². The zero-order valence-electron chi connectivity index (χ0n) is 14.0. The van der Waals surface area contributed by atoms with Crippen molar-refractivity contribution in [1.29, 1.82) is 0 Å². The Morgan fingerprint density at radius 2 is 1.81 bits per heavy atom. The molecule has 0 aromatic carbocycles. The molecule has 2 N–H and O–H groups in total. The highest BCUT2D eigenvalue weighted by Crippen LogP contribution is 2.29. The summed E-state index contributed by atoms with van der Waals surface area (Å²) in [4.78, 5) is 14.9. The van der Waals surface area contributed by atoms with E-state index in [1.54, 1.807) is 0 Å². The van der Waals surface area contributed by atoms with Gasteiger partial charge in [0.25, 0.3) is 0 Å². The van der Waals surface area contributed by atoms with Crippen molar-refractivity contribution in [2.75, 3.05) is 19.6 Å². The van der Waals surface area contributed by atoms with E-state index in [0.29, 0.717) is 6.04 Å². The Balaban J connectivity index is 2.05. The third-order valence-electron chi connectivity index (χ3n) is 5.08. The molecule has 0 bridgehead atoms. The van der Waals surface area contributed by atoms with Crippen LogP contribution in [0.1, 0.15) is 59.3 Å². The molecule has 0 aromatic heterocycles. The number of piperidine rings is 1. The Labute approximate surface area is 130 Å². The predicted molar refractivity (Wildman–Crippen MR) is 87.3 cm³/mol. The maximum absolute atomic E-state index is 12.4. The molecule has 0 saturated carbocycles. The first kappa shape index (κ1) is 16.8. The van der Waals surface area contributed by atoms with Crippen LogP contribution in [0.25, 0.3) is 0 Å². The largest absolute Gasteiger partial charge is 0.353 e. The zero-order valence-corrected chi connectivity index (χ0v) is 14.0. The van der Waals surface area contributed by atoms with Crippen molar-refractivity contribution in [1.82, 2.24) is 15.5 Å². The quantitative estimate of drug-likeness (QED) is 0.835. The minimum atomic E-state index is 0.00499. The van der Waals surface area contributed by atoms with Crippen LogP contribution in [-0.4, -0.2) is 48.6 Å². The van der Waals surface area contributed by atoms with Gasteiger partial charge in [0.15, 0.2) is 0 Å². The first-order chi connectivity index (χ1) is 10.1. The average molecular weight is 295 g/mol. The molecule has 2 rings (SSSR count). The molecule has 2 atom stereocenters. The Morgan fingerprint density at radius 3 is 2.48 bits per heavy atom. The Bertz CT molecular complexity index is 326. The van der Waals surface area contributed by atoms with E-state index in [0.717, 1.165) is 25.6 Å². The molecule has 2 saturated heterocycles. The van der Waals surface area contributed by atoms with Crippen molar-refractivity contribution in [3.05, 3.63) is 0 Å². The van der Waals surface area contributed by atoms with Gasteiger partial charge in [0.2, 0.25) is 5.91 Å². The first-order valence-corrected chi connectivity index (χ1v) is 8.86. The van der Waals surface area contributed by atoms with Gasteiger partial charge in [0.1, 0.15) is 0 Å². The van der Waals surface area contributed by atoms with E-state index in [1.807, 2.05) is 13.8 Å². The number of amides is 1. The van der Waals surface area contributed by atoms with Gasteiger partial charge in [0.05, 0.1) is 6.04 Å². The zero-order chi connectivity index (χ0) is 15.2. The molecule has 0 aromatic rings. The number of carbonyl (C=O) groups excluding carboxylic acids is 1. The van der Waals surface area contributed by atoms with Gasteiger partial charge >= 0.3 is 0 Å². The second-order valence-electron chi connectivity index (χ2n) is 7.08. The van der Waals surface area contributed by atoms with E-state index >= 15 is 0 Å². The molecule has 122 valence electrons. The summed E-state index contributed by atoms with van der Waals surface area (Å²) in [6, 6.07) is 0.831. The van der Waals surface area contributed by atoms with Crippen molar-refractivity contribution in [2.45, 2.75) is 77.4 Å². The lowest BCUT2D eigenvalue weighted by Gasteiger charge is -2.40. The smallest absolute Gasteiger partial charge is 0.237 e. The van der Waals surface area contributed by atoms with E-state index in [4.69, 9.17) is 0 Å². The van der Waals surface area contributed by atoms with E-state index in [-0.39, 0.29) is 18.0 Å². The van der Waals surface area contributed by atoms with Crippen LogP contribution in [0.3, 0.4) is 0 Å². The van der Waals surface area contributed by atoms with Crippen molar-refractivity contribution < 1.29 is 4.79 Å². The number of hydrogen-bond donors (Lipinski definition) is 2. The number of hydrogen-bond acceptors (Lipinski definition) is 3. The summed E-state index contributed by atoms with van der Waals surface area (Å²) in [6.07, 6.45) is 7.67. The van der Waals surface area contributed by atoms with Crippen molar-refractivity contribution in [3.63, 3.8) is 0 Å². The highest BCUT2D eigenvalue weighted by molar-refractivity contribution is 5.81. The highest BCUT2D eigenvalue weighted by atomic mass is 16.2. The van der Waals surface area contributed by atoms with Crippen LogP contribution in [0.2, 0.25) is 0 Å². The van der Waals surface area contributed by atoms with E-state index in [2.05, 4.69) is 22.5 Å². The van der Waals surface area contributed by atoms with Gasteiger partial charge in [-0.05, 0) is 72.0 Å². The Hall–Kier alpha value is -0.610. The van der Waals surface area contributed by atoms with Crippen LogP contribution >= 0.6 is 0 Å². The van der Waals surface area contributed by atoms with Crippen molar-refractivity contribution >= 4 is 5.91 Å². The molecule has 2 heterocycles. The molecule has 2 aliphatic heterocycles. The number of nitrogens with zero attached hydrogens (tertiary/aromatic N) is 1. The van der Waals surface area contributed by atoms with Crippen LogP contribution in [0, 0.1) is 5.92 Å². The summed E-state index contributed by atoms with van der Waals surface area (Å²) in [5, 5.41) is 6.56. The van der Waals surface area contributed by atoms with Gasteiger partial charge in [-0.2, -0.15) is 0 Å². The summed E-state index contributed by atoms with van der Waals surface area (Å²) >= 11 is 0. The molecule has 2 aliphatic rings. The van der Waals surface area contributed by atoms with Gasteiger partial charge in [-0.25, -0.2) is 0 Å². The highest BCUT2D eigenvalue weighted by Gasteiger charge is 2.34. The Morgan fingerprint density at radius 1 is 1.10 bits per heavy atom. The third-order valence-corrected chi connectivity index (χ3v) is 5.08. The third kappa shape index (κ3) is 4.68. The lowest BCUT2D eigenvalue weighted by atomic mass is 9.86. The van der Waals surface area contributed by atoms with Crippen molar-refractivity contribution in [2.24, 2.45) is 5.92 Å². The van der Waals surface area contributed by atoms with Crippen LogP contribution in [-0.2, 0) is 4.79 Å². The molecule has 2 unspecified atom stereocenters. The summed E-state index contributed by atoms with van der Waals surface area (Å²) < 4.78 is 0. The summed E-state index contributed by atoms with van der Waals surface area (Å²) in [6.45, 7) is 9.54. The number of likely N-dealkylation sites (tertiary alicyclic amines) is 1. The van der Waals surface area contributed by atoms with Crippen LogP contribution in [0.5, 0.6) is 0 Å². The molecule has 0 spiro atoms. The van der Waals surface area contributed by atoms with Crippen LogP contribution in [0.15, 0.2) is 0 Å². The number of rotatable bonds is 4. The second-order valence-corrected chi connectivity index (χ2v) is 7.08. The number of carbonyl (C=O) groups is 1. The first-order valence-electron chi connectivity index (χ1n) is 8.86. The maximum Gasteiger partial charge on any atom is 0.237 e. The average Bonchev–Trinajstić information content (AvgIpc) is 2.72. The summed E-state index contributed by atoms with van der Waals surface area (Å²) in [7, 11) is 0. The van der Waals surface area contributed by atoms with Crippen LogP contribution in [0.4, 0.5) is 0 Å². The monoisotopic (exact) mass is 295 g/mol. The SMILES string of the molecule is CC(C)NC(=O)C(C)N1CCCCCC1C1CCNCC1. The molecular formula is C17H33N3O. The summed E-state index contributed by atoms with van der Waals surface area (Å²) in [5.41, 5.74) is 0.